The third-order valence-electron chi connectivity index (χ3n) is 3.62. The number of nitrogens with zero attached hydrogens (tertiary/aromatic N) is 1. The van der Waals surface area contributed by atoms with Crippen LogP contribution in [0.5, 0.6) is 5.75 Å². The highest BCUT2D eigenvalue weighted by atomic mass is 35.5. The van der Waals surface area contributed by atoms with Crippen molar-refractivity contribution in [1.29, 1.82) is 0 Å². The molecule has 2 aromatic rings. The molecule has 1 amide bonds. The molecule has 0 spiro atoms. The number of amides is 1. The maximum Gasteiger partial charge on any atom is 0.251 e. The molecule has 0 aliphatic rings. The van der Waals surface area contributed by atoms with Crippen LogP contribution < -0.4 is 15.0 Å². The van der Waals surface area contributed by atoms with Crippen LogP contribution in [0.3, 0.4) is 0 Å². The third-order valence-corrected chi connectivity index (χ3v) is 4.18. The summed E-state index contributed by atoms with van der Waals surface area (Å²) in [7, 11) is 3.51. The maximum atomic E-state index is 12.2. The highest BCUT2D eigenvalue weighted by molar-refractivity contribution is 6.37. The highest BCUT2D eigenvalue weighted by Gasteiger charge is 2.13. The van der Waals surface area contributed by atoms with E-state index in [-0.39, 0.29) is 5.91 Å². The average Bonchev–Trinajstić information content (AvgIpc) is 2.58. The van der Waals surface area contributed by atoms with Crippen LogP contribution in [0.4, 0.5) is 5.69 Å². The van der Waals surface area contributed by atoms with Gasteiger partial charge < -0.3 is 15.0 Å². The molecule has 24 heavy (non-hydrogen) atoms. The van der Waals surface area contributed by atoms with Gasteiger partial charge in [0.15, 0.2) is 5.75 Å². The smallest absolute Gasteiger partial charge is 0.251 e. The number of ether oxygens (including phenoxy) is 1. The number of hydrogen-bond donors (Lipinski definition) is 1. The Labute approximate surface area is 152 Å². The Hall–Kier alpha value is -1.91. The molecule has 0 bridgehead atoms. The SMILES string of the molecule is COc1c(Cl)cc(C(=O)NCCCN(C)c2ccccc2)cc1Cl. The molecule has 0 fully saturated rings. The van der Waals surface area contributed by atoms with Crippen LogP contribution >= 0.6 is 23.2 Å². The van der Waals surface area contributed by atoms with E-state index in [0.717, 1.165) is 18.7 Å². The summed E-state index contributed by atoms with van der Waals surface area (Å²) in [5.74, 6) is 0.170. The van der Waals surface area contributed by atoms with E-state index in [1.165, 1.54) is 7.11 Å². The number of halogens is 2. The van der Waals surface area contributed by atoms with Gasteiger partial charge in [-0.2, -0.15) is 0 Å². The predicted octanol–water partition coefficient (Wildman–Crippen LogP) is 4.26. The van der Waals surface area contributed by atoms with Crippen molar-refractivity contribution in [3.63, 3.8) is 0 Å². The Kier molecular flexibility index (Phi) is 6.76. The van der Waals surface area contributed by atoms with Gasteiger partial charge in [0.2, 0.25) is 0 Å². The molecule has 0 saturated heterocycles. The maximum absolute atomic E-state index is 12.2. The zero-order valence-corrected chi connectivity index (χ0v) is 15.2. The second kappa shape index (κ2) is 8.81. The lowest BCUT2D eigenvalue weighted by Gasteiger charge is -2.19. The zero-order valence-electron chi connectivity index (χ0n) is 13.7. The lowest BCUT2D eigenvalue weighted by Crippen LogP contribution is -2.28. The van der Waals surface area contributed by atoms with Crippen LogP contribution in [0, 0.1) is 0 Å². The number of carbonyl (C=O) groups excluding carboxylic acids is 1. The number of para-hydroxylation sites is 1. The molecule has 0 aliphatic carbocycles. The minimum Gasteiger partial charge on any atom is -0.494 e. The number of methoxy groups -OCH3 is 1. The normalized spacial score (nSPS) is 10.3. The monoisotopic (exact) mass is 366 g/mol. The molecule has 0 aliphatic heterocycles. The molecule has 6 heteroatoms. The van der Waals surface area contributed by atoms with Gasteiger partial charge in [-0.1, -0.05) is 41.4 Å². The van der Waals surface area contributed by atoms with Crippen molar-refractivity contribution >= 4 is 34.8 Å². The van der Waals surface area contributed by atoms with Crippen molar-refractivity contribution in [2.45, 2.75) is 6.42 Å². The van der Waals surface area contributed by atoms with E-state index in [1.807, 2.05) is 25.2 Å². The van der Waals surface area contributed by atoms with Crippen molar-refractivity contribution in [3.05, 3.63) is 58.1 Å². The summed E-state index contributed by atoms with van der Waals surface area (Å²) >= 11 is 12.1. The molecule has 0 unspecified atom stereocenters. The fourth-order valence-corrected chi connectivity index (χ4v) is 2.96. The van der Waals surface area contributed by atoms with E-state index in [0.29, 0.717) is 27.9 Å². The van der Waals surface area contributed by atoms with Gasteiger partial charge in [0, 0.05) is 31.4 Å². The molecular weight excluding hydrogens is 347 g/mol. The predicted molar refractivity (Wildman–Crippen MR) is 99.7 cm³/mol. The first-order chi connectivity index (χ1) is 11.5. The van der Waals surface area contributed by atoms with Gasteiger partial charge in [-0.25, -0.2) is 0 Å². The van der Waals surface area contributed by atoms with Gasteiger partial charge in [-0.05, 0) is 30.7 Å². The van der Waals surface area contributed by atoms with Crippen molar-refractivity contribution < 1.29 is 9.53 Å². The number of hydrogen-bond acceptors (Lipinski definition) is 3. The molecule has 2 rings (SSSR count). The van der Waals surface area contributed by atoms with Gasteiger partial charge >= 0.3 is 0 Å². The Morgan fingerprint density at radius 1 is 1.17 bits per heavy atom. The Bertz CT molecular complexity index is 670. The van der Waals surface area contributed by atoms with E-state index in [1.54, 1.807) is 12.1 Å². The lowest BCUT2D eigenvalue weighted by molar-refractivity contribution is 0.0953. The molecule has 1 N–H and O–H groups in total. The molecule has 0 saturated carbocycles. The number of benzene rings is 2. The van der Waals surface area contributed by atoms with Crippen LogP contribution in [0.15, 0.2) is 42.5 Å². The minimum absolute atomic E-state index is 0.205. The molecular formula is C18H20Cl2N2O2. The van der Waals surface area contributed by atoms with Crippen LogP contribution in [-0.2, 0) is 0 Å². The topological polar surface area (TPSA) is 41.6 Å². The highest BCUT2D eigenvalue weighted by Crippen LogP contribution is 2.33. The van der Waals surface area contributed by atoms with Crippen molar-refractivity contribution in [1.82, 2.24) is 5.32 Å². The first kappa shape index (κ1) is 18.4. The van der Waals surface area contributed by atoms with Gasteiger partial charge in [0.05, 0.1) is 17.2 Å². The van der Waals surface area contributed by atoms with Crippen LogP contribution in [-0.4, -0.2) is 33.2 Å². The van der Waals surface area contributed by atoms with Gasteiger partial charge in [0.25, 0.3) is 5.91 Å². The third kappa shape index (κ3) is 4.79. The molecule has 0 heterocycles. The van der Waals surface area contributed by atoms with Crippen LogP contribution in [0.2, 0.25) is 10.0 Å². The summed E-state index contributed by atoms with van der Waals surface area (Å²) in [6.45, 7) is 1.41. The standard InChI is InChI=1S/C18H20Cl2N2O2/c1-22(14-7-4-3-5-8-14)10-6-9-21-18(23)13-11-15(19)17(24-2)16(20)12-13/h3-5,7-8,11-12H,6,9-10H2,1-2H3,(H,21,23). The van der Waals surface area contributed by atoms with E-state index < -0.39 is 0 Å². The van der Waals surface area contributed by atoms with E-state index in [2.05, 4.69) is 22.3 Å². The molecule has 0 aromatic heterocycles. The second-order valence-electron chi connectivity index (χ2n) is 5.34. The van der Waals surface area contributed by atoms with Crippen LogP contribution in [0.25, 0.3) is 0 Å². The Balaban J connectivity index is 1.83. The molecule has 128 valence electrons. The largest absolute Gasteiger partial charge is 0.494 e. The zero-order chi connectivity index (χ0) is 17.5. The summed E-state index contributed by atoms with van der Waals surface area (Å²) in [6, 6.07) is 13.2. The first-order valence-electron chi connectivity index (χ1n) is 7.60. The second-order valence-corrected chi connectivity index (χ2v) is 6.15. The van der Waals surface area contributed by atoms with Gasteiger partial charge in [-0.15, -0.1) is 0 Å². The van der Waals surface area contributed by atoms with E-state index in [9.17, 15) is 4.79 Å². The Morgan fingerprint density at radius 2 is 1.79 bits per heavy atom. The average molecular weight is 367 g/mol. The molecule has 0 atom stereocenters. The quantitative estimate of drug-likeness (QED) is 0.744. The molecule has 4 nitrogen and oxygen atoms in total. The number of rotatable bonds is 7. The lowest BCUT2D eigenvalue weighted by atomic mass is 10.2. The minimum atomic E-state index is -0.205. The van der Waals surface area contributed by atoms with Crippen LogP contribution in [0.1, 0.15) is 16.8 Å². The summed E-state index contributed by atoms with van der Waals surface area (Å²) in [4.78, 5) is 14.3. The van der Waals surface area contributed by atoms with Gasteiger partial charge in [0.1, 0.15) is 0 Å². The summed E-state index contributed by atoms with van der Waals surface area (Å²) in [5, 5.41) is 3.51. The van der Waals surface area contributed by atoms with E-state index in [4.69, 9.17) is 27.9 Å². The van der Waals surface area contributed by atoms with Gasteiger partial charge in [-0.3, -0.25) is 4.79 Å². The molecule has 0 radical (unpaired) electrons. The summed E-state index contributed by atoms with van der Waals surface area (Å²) in [6.07, 6.45) is 0.828. The van der Waals surface area contributed by atoms with Crippen molar-refractivity contribution in [3.8, 4) is 5.75 Å². The van der Waals surface area contributed by atoms with Crippen molar-refractivity contribution in [2.24, 2.45) is 0 Å². The molecule has 2 aromatic carbocycles. The number of nitrogens with one attached hydrogen (secondary N) is 1. The van der Waals surface area contributed by atoms with Crippen molar-refractivity contribution in [2.75, 3.05) is 32.1 Å². The fraction of sp³-hybridized carbons (Fsp3) is 0.278. The number of carbonyl (C=O) groups is 1. The Morgan fingerprint density at radius 3 is 2.38 bits per heavy atom. The fourth-order valence-electron chi connectivity index (χ4n) is 2.32. The summed E-state index contributed by atoms with van der Waals surface area (Å²) < 4.78 is 5.08. The number of anilines is 1. The van der Waals surface area contributed by atoms with E-state index >= 15 is 0 Å². The summed E-state index contributed by atoms with van der Waals surface area (Å²) in [5.41, 5.74) is 1.57. The first-order valence-corrected chi connectivity index (χ1v) is 8.36.